The predicted molar refractivity (Wildman–Crippen MR) is 114 cm³/mol. The van der Waals surface area contributed by atoms with E-state index in [1.54, 1.807) is 19.3 Å². The molecule has 0 radical (unpaired) electrons. The van der Waals surface area contributed by atoms with Gasteiger partial charge in [-0.1, -0.05) is 18.2 Å². The van der Waals surface area contributed by atoms with E-state index < -0.39 is 0 Å². The van der Waals surface area contributed by atoms with Gasteiger partial charge in [-0.3, -0.25) is 14.6 Å². The Morgan fingerprint density at radius 3 is 2.60 bits per heavy atom. The highest BCUT2D eigenvalue weighted by Crippen LogP contribution is 2.25. The third-order valence-electron chi connectivity index (χ3n) is 5.65. The molecule has 0 saturated heterocycles. The molecule has 7 nitrogen and oxygen atoms in total. The molecular weight excluding hydrogens is 380 g/mol. The molecule has 1 aliphatic carbocycles. The summed E-state index contributed by atoms with van der Waals surface area (Å²) in [6.45, 7) is 1.94. The molecule has 2 heterocycles. The molecule has 7 heteroatoms. The lowest BCUT2D eigenvalue weighted by Crippen LogP contribution is -2.40. The first-order valence-electron chi connectivity index (χ1n) is 10.3. The number of aromatic nitrogens is 3. The zero-order chi connectivity index (χ0) is 21.1. The summed E-state index contributed by atoms with van der Waals surface area (Å²) in [7, 11) is 1.61. The van der Waals surface area contributed by atoms with Crippen LogP contribution in [0.3, 0.4) is 0 Å². The standard InChI is InChI=1S/C23H26N4O3/c1-15-21(8-5-13-24-15)30-17-11-9-16(10-12-17)25-22(28)14-20-18-6-3-4-7-19(18)23(29)27(2)26-20/h3-8,13,16-17H,9-12,14H2,1-2H3,(H,25,28). The number of nitrogens with zero attached hydrogens (tertiary/aromatic N) is 3. The van der Waals surface area contributed by atoms with Crippen LogP contribution in [0.1, 0.15) is 37.1 Å². The predicted octanol–water partition coefficient (Wildman–Crippen LogP) is 2.69. The average Bonchev–Trinajstić information content (AvgIpc) is 2.75. The Balaban J connectivity index is 1.35. The number of amides is 1. The van der Waals surface area contributed by atoms with Crippen molar-refractivity contribution in [2.24, 2.45) is 7.05 Å². The van der Waals surface area contributed by atoms with Gasteiger partial charge in [-0.05, 0) is 50.8 Å². The summed E-state index contributed by atoms with van der Waals surface area (Å²) in [5, 5.41) is 8.77. The maximum absolute atomic E-state index is 12.7. The van der Waals surface area contributed by atoms with Crippen molar-refractivity contribution in [2.75, 3.05) is 0 Å². The first-order chi connectivity index (χ1) is 14.5. The highest BCUT2D eigenvalue weighted by Gasteiger charge is 2.24. The van der Waals surface area contributed by atoms with Crippen molar-refractivity contribution in [2.45, 2.75) is 51.2 Å². The van der Waals surface area contributed by atoms with Gasteiger partial charge in [0.2, 0.25) is 5.91 Å². The molecule has 156 valence electrons. The number of pyridine rings is 1. The SMILES string of the molecule is Cc1ncccc1OC1CCC(NC(=O)Cc2nn(C)c(=O)c3ccccc23)CC1. The lowest BCUT2D eigenvalue weighted by Gasteiger charge is -2.29. The minimum atomic E-state index is -0.156. The van der Waals surface area contributed by atoms with E-state index in [0.29, 0.717) is 11.1 Å². The minimum Gasteiger partial charge on any atom is -0.489 e. The summed E-state index contributed by atoms with van der Waals surface area (Å²) in [6, 6.07) is 11.2. The number of ether oxygens (including phenoxy) is 1. The first kappa shape index (κ1) is 20.1. The van der Waals surface area contributed by atoms with Crippen LogP contribution >= 0.6 is 0 Å². The van der Waals surface area contributed by atoms with Gasteiger partial charge in [0.25, 0.3) is 5.56 Å². The number of nitrogens with one attached hydrogen (secondary N) is 1. The van der Waals surface area contributed by atoms with Gasteiger partial charge in [0, 0.05) is 24.7 Å². The average molecular weight is 406 g/mol. The van der Waals surface area contributed by atoms with Crippen molar-refractivity contribution in [3.05, 3.63) is 64.3 Å². The van der Waals surface area contributed by atoms with Crippen LogP contribution in [0.2, 0.25) is 0 Å². The van der Waals surface area contributed by atoms with Crippen LogP contribution < -0.4 is 15.6 Å². The van der Waals surface area contributed by atoms with Crippen LogP contribution in [0.15, 0.2) is 47.4 Å². The lowest BCUT2D eigenvalue weighted by atomic mass is 9.92. The van der Waals surface area contributed by atoms with Crippen molar-refractivity contribution < 1.29 is 9.53 Å². The number of carbonyl (C=O) groups is 1. The van der Waals surface area contributed by atoms with E-state index >= 15 is 0 Å². The van der Waals surface area contributed by atoms with Crippen molar-refractivity contribution >= 4 is 16.7 Å². The monoisotopic (exact) mass is 406 g/mol. The molecule has 0 spiro atoms. The number of hydrogen-bond acceptors (Lipinski definition) is 5. The zero-order valence-electron chi connectivity index (χ0n) is 17.3. The molecule has 2 aromatic heterocycles. The fourth-order valence-corrected chi connectivity index (χ4v) is 4.04. The topological polar surface area (TPSA) is 86.1 Å². The van der Waals surface area contributed by atoms with Crippen LogP contribution in [0.25, 0.3) is 10.8 Å². The summed E-state index contributed by atoms with van der Waals surface area (Å²) in [5.41, 5.74) is 1.36. The molecule has 1 N–H and O–H groups in total. The molecule has 1 aliphatic rings. The Labute approximate surface area is 175 Å². The number of carbonyl (C=O) groups excluding carboxylic acids is 1. The van der Waals surface area contributed by atoms with E-state index in [9.17, 15) is 9.59 Å². The summed E-state index contributed by atoms with van der Waals surface area (Å²) in [6.07, 6.45) is 5.59. The number of rotatable bonds is 5. The van der Waals surface area contributed by atoms with Gasteiger partial charge in [0.15, 0.2) is 0 Å². The van der Waals surface area contributed by atoms with Crippen LogP contribution in [0.5, 0.6) is 5.75 Å². The lowest BCUT2D eigenvalue weighted by molar-refractivity contribution is -0.121. The van der Waals surface area contributed by atoms with Gasteiger partial charge in [0.05, 0.1) is 29.3 Å². The largest absolute Gasteiger partial charge is 0.489 e. The maximum atomic E-state index is 12.7. The maximum Gasteiger partial charge on any atom is 0.274 e. The quantitative estimate of drug-likeness (QED) is 0.704. The zero-order valence-corrected chi connectivity index (χ0v) is 17.3. The molecule has 3 aromatic rings. The minimum absolute atomic E-state index is 0.0706. The number of fused-ring (bicyclic) bond motifs is 1. The third-order valence-corrected chi connectivity index (χ3v) is 5.65. The van der Waals surface area contributed by atoms with Crippen LogP contribution in [-0.2, 0) is 18.3 Å². The number of hydrogen-bond donors (Lipinski definition) is 1. The van der Waals surface area contributed by atoms with E-state index in [0.717, 1.165) is 42.5 Å². The molecule has 0 unspecified atom stereocenters. The fourth-order valence-electron chi connectivity index (χ4n) is 4.04. The molecule has 0 bridgehead atoms. The Hall–Kier alpha value is -3.22. The second kappa shape index (κ2) is 8.65. The van der Waals surface area contributed by atoms with E-state index in [1.807, 2.05) is 37.3 Å². The van der Waals surface area contributed by atoms with Crippen molar-refractivity contribution in [3.63, 3.8) is 0 Å². The number of aryl methyl sites for hydroxylation is 2. The van der Waals surface area contributed by atoms with Crippen molar-refractivity contribution in [1.29, 1.82) is 0 Å². The Bertz CT molecular complexity index is 1120. The molecule has 1 fully saturated rings. The van der Waals surface area contributed by atoms with E-state index in [4.69, 9.17) is 4.74 Å². The van der Waals surface area contributed by atoms with Gasteiger partial charge in [-0.25, -0.2) is 4.68 Å². The Kier molecular flexibility index (Phi) is 5.79. The van der Waals surface area contributed by atoms with Crippen LogP contribution in [0, 0.1) is 6.92 Å². The normalized spacial score (nSPS) is 18.9. The summed E-state index contributed by atoms with van der Waals surface area (Å²) in [4.78, 5) is 29.2. The first-order valence-corrected chi connectivity index (χ1v) is 10.3. The molecule has 4 rings (SSSR count). The fraction of sp³-hybridized carbons (Fsp3) is 0.391. The van der Waals surface area contributed by atoms with Crippen molar-refractivity contribution in [3.8, 4) is 5.75 Å². The molecule has 0 atom stereocenters. The van der Waals surface area contributed by atoms with E-state index in [-0.39, 0.29) is 30.0 Å². The Morgan fingerprint density at radius 2 is 1.87 bits per heavy atom. The van der Waals surface area contributed by atoms with Gasteiger partial charge in [-0.2, -0.15) is 5.10 Å². The molecule has 1 amide bonds. The highest BCUT2D eigenvalue weighted by atomic mass is 16.5. The third kappa shape index (κ3) is 4.35. The summed E-state index contributed by atoms with van der Waals surface area (Å²) < 4.78 is 7.39. The second-order valence-corrected chi connectivity index (χ2v) is 7.84. The van der Waals surface area contributed by atoms with Crippen molar-refractivity contribution in [1.82, 2.24) is 20.1 Å². The van der Waals surface area contributed by atoms with E-state index in [1.165, 1.54) is 4.68 Å². The molecule has 1 aromatic carbocycles. The number of benzene rings is 1. The smallest absolute Gasteiger partial charge is 0.274 e. The molecular formula is C23H26N4O3. The second-order valence-electron chi connectivity index (χ2n) is 7.84. The van der Waals surface area contributed by atoms with Gasteiger partial charge >= 0.3 is 0 Å². The van der Waals surface area contributed by atoms with E-state index in [2.05, 4.69) is 15.4 Å². The molecule has 30 heavy (non-hydrogen) atoms. The highest BCUT2D eigenvalue weighted by molar-refractivity contribution is 5.88. The molecule has 1 saturated carbocycles. The summed E-state index contributed by atoms with van der Waals surface area (Å²) >= 11 is 0. The van der Waals surface area contributed by atoms with Gasteiger partial charge in [0.1, 0.15) is 5.75 Å². The van der Waals surface area contributed by atoms with Crippen LogP contribution in [0.4, 0.5) is 0 Å². The summed E-state index contributed by atoms with van der Waals surface area (Å²) in [5.74, 6) is 0.761. The van der Waals surface area contributed by atoms with Gasteiger partial charge in [-0.15, -0.1) is 0 Å². The Morgan fingerprint density at radius 1 is 1.13 bits per heavy atom. The van der Waals surface area contributed by atoms with Gasteiger partial charge < -0.3 is 10.1 Å². The molecule has 0 aliphatic heterocycles. The van der Waals surface area contributed by atoms with Crippen LogP contribution in [-0.4, -0.2) is 32.8 Å².